The predicted octanol–water partition coefficient (Wildman–Crippen LogP) is 0.470. The van der Waals surface area contributed by atoms with E-state index in [0.29, 0.717) is 6.54 Å². The standard InChI is InChI=1S/C14H22N2O2/c1-12-3-2-4-13(9-12)16-7-5-15(6-8-16)10-14(18)11-17/h2-4,9,14,17-18H,5-8,10-11H2,1H3. The number of piperazine rings is 1. The van der Waals surface area contributed by atoms with Crippen molar-refractivity contribution in [3.05, 3.63) is 29.8 Å². The van der Waals surface area contributed by atoms with Crippen molar-refractivity contribution >= 4 is 5.69 Å². The summed E-state index contributed by atoms with van der Waals surface area (Å²) in [6.07, 6.45) is -0.615. The van der Waals surface area contributed by atoms with Crippen molar-refractivity contribution in [2.24, 2.45) is 0 Å². The second-order valence-electron chi connectivity index (χ2n) is 4.96. The highest BCUT2D eigenvalue weighted by Crippen LogP contribution is 2.17. The van der Waals surface area contributed by atoms with Gasteiger partial charge in [-0.05, 0) is 24.6 Å². The van der Waals surface area contributed by atoms with E-state index in [9.17, 15) is 5.11 Å². The van der Waals surface area contributed by atoms with Crippen LogP contribution in [0.1, 0.15) is 5.56 Å². The molecule has 1 aromatic rings. The molecule has 1 saturated heterocycles. The van der Waals surface area contributed by atoms with Gasteiger partial charge >= 0.3 is 0 Å². The van der Waals surface area contributed by atoms with Gasteiger partial charge in [-0.2, -0.15) is 0 Å². The molecule has 2 rings (SSSR count). The molecule has 4 nitrogen and oxygen atoms in total. The first-order chi connectivity index (χ1) is 8.69. The fraction of sp³-hybridized carbons (Fsp3) is 0.571. The Bertz CT molecular complexity index is 376. The van der Waals surface area contributed by atoms with Crippen molar-refractivity contribution in [3.63, 3.8) is 0 Å². The van der Waals surface area contributed by atoms with Crippen LogP contribution in [0.15, 0.2) is 24.3 Å². The molecule has 2 N–H and O–H groups in total. The lowest BCUT2D eigenvalue weighted by atomic mass is 10.2. The monoisotopic (exact) mass is 250 g/mol. The molecule has 1 aromatic carbocycles. The van der Waals surface area contributed by atoms with Gasteiger partial charge in [0.25, 0.3) is 0 Å². The molecule has 1 aliphatic rings. The number of nitrogens with zero attached hydrogens (tertiary/aromatic N) is 2. The summed E-state index contributed by atoms with van der Waals surface area (Å²) in [7, 11) is 0. The number of β-amino-alcohol motifs (C(OH)–C–C–N with tert-alkyl or cyclic N) is 1. The minimum Gasteiger partial charge on any atom is -0.394 e. The number of aryl methyl sites for hydroxylation is 1. The highest BCUT2D eigenvalue weighted by Gasteiger charge is 2.18. The van der Waals surface area contributed by atoms with Crippen molar-refractivity contribution in [3.8, 4) is 0 Å². The average molecular weight is 250 g/mol. The van der Waals surface area contributed by atoms with Crippen LogP contribution in [0.25, 0.3) is 0 Å². The third kappa shape index (κ3) is 3.45. The summed E-state index contributed by atoms with van der Waals surface area (Å²) in [5.41, 5.74) is 2.56. The molecule has 0 amide bonds. The van der Waals surface area contributed by atoms with Crippen LogP contribution in [0.2, 0.25) is 0 Å². The number of benzene rings is 1. The Morgan fingerprint density at radius 3 is 2.56 bits per heavy atom. The summed E-state index contributed by atoms with van der Waals surface area (Å²) in [5, 5.41) is 18.3. The lowest BCUT2D eigenvalue weighted by Gasteiger charge is -2.36. The lowest BCUT2D eigenvalue weighted by Crippen LogP contribution is -2.49. The van der Waals surface area contributed by atoms with Crippen LogP contribution < -0.4 is 4.90 Å². The normalized spacial score (nSPS) is 18.9. The molecule has 0 bridgehead atoms. The van der Waals surface area contributed by atoms with Gasteiger partial charge in [0.1, 0.15) is 0 Å². The van der Waals surface area contributed by atoms with E-state index in [2.05, 4.69) is 41.0 Å². The molecule has 100 valence electrons. The number of aliphatic hydroxyl groups is 2. The maximum atomic E-state index is 9.42. The smallest absolute Gasteiger partial charge is 0.0897 e. The summed E-state index contributed by atoms with van der Waals surface area (Å²) in [4.78, 5) is 4.57. The molecule has 1 unspecified atom stereocenters. The molecule has 18 heavy (non-hydrogen) atoms. The molecule has 1 fully saturated rings. The molecule has 0 radical (unpaired) electrons. The molecule has 1 heterocycles. The Labute approximate surface area is 108 Å². The maximum absolute atomic E-state index is 9.42. The predicted molar refractivity (Wildman–Crippen MR) is 72.9 cm³/mol. The van der Waals surface area contributed by atoms with E-state index in [4.69, 9.17) is 5.11 Å². The lowest BCUT2D eigenvalue weighted by molar-refractivity contribution is 0.0575. The van der Waals surface area contributed by atoms with Crippen molar-refractivity contribution in [2.75, 3.05) is 44.2 Å². The Morgan fingerprint density at radius 1 is 1.22 bits per heavy atom. The van der Waals surface area contributed by atoms with Crippen LogP contribution in [-0.2, 0) is 0 Å². The zero-order chi connectivity index (χ0) is 13.0. The van der Waals surface area contributed by atoms with E-state index in [1.54, 1.807) is 0 Å². The van der Waals surface area contributed by atoms with Crippen LogP contribution in [0.3, 0.4) is 0 Å². The first-order valence-electron chi connectivity index (χ1n) is 6.52. The Balaban J connectivity index is 1.87. The molecular weight excluding hydrogens is 228 g/mol. The van der Waals surface area contributed by atoms with Crippen molar-refractivity contribution in [2.45, 2.75) is 13.0 Å². The summed E-state index contributed by atoms with van der Waals surface area (Å²) in [6.45, 7) is 6.34. The maximum Gasteiger partial charge on any atom is 0.0897 e. The van der Waals surface area contributed by atoms with E-state index in [1.165, 1.54) is 11.3 Å². The second kappa shape index (κ2) is 6.18. The zero-order valence-corrected chi connectivity index (χ0v) is 10.9. The Morgan fingerprint density at radius 2 is 1.94 bits per heavy atom. The second-order valence-corrected chi connectivity index (χ2v) is 4.96. The first-order valence-corrected chi connectivity index (χ1v) is 6.52. The van der Waals surface area contributed by atoms with Crippen LogP contribution in [0.4, 0.5) is 5.69 Å². The fourth-order valence-corrected chi connectivity index (χ4v) is 2.37. The minimum absolute atomic E-state index is 0.155. The summed E-state index contributed by atoms with van der Waals surface area (Å²) in [5.74, 6) is 0. The molecule has 4 heteroatoms. The highest BCUT2D eigenvalue weighted by atomic mass is 16.3. The molecule has 1 aliphatic heterocycles. The fourth-order valence-electron chi connectivity index (χ4n) is 2.37. The summed E-state index contributed by atoms with van der Waals surface area (Å²) in [6, 6.07) is 8.55. The van der Waals surface area contributed by atoms with Crippen LogP contribution >= 0.6 is 0 Å². The number of hydrogen-bond donors (Lipinski definition) is 2. The minimum atomic E-state index is -0.615. The van der Waals surface area contributed by atoms with Crippen LogP contribution in [-0.4, -0.2) is 60.5 Å². The number of hydrogen-bond acceptors (Lipinski definition) is 4. The van der Waals surface area contributed by atoms with Gasteiger partial charge in [0.15, 0.2) is 0 Å². The largest absolute Gasteiger partial charge is 0.394 e. The third-order valence-electron chi connectivity index (χ3n) is 3.42. The SMILES string of the molecule is Cc1cccc(N2CCN(CC(O)CO)CC2)c1. The van der Waals surface area contributed by atoms with Gasteiger partial charge in [0.2, 0.25) is 0 Å². The summed E-state index contributed by atoms with van der Waals surface area (Å²) >= 11 is 0. The van der Waals surface area contributed by atoms with Gasteiger partial charge in [-0.3, -0.25) is 4.90 Å². The van der Waals surface area contributed by atoms with E-state index in [1.807, 2.05) is 0 Å². The number of anilines is 1. The van der Waals surface area contributed by atoms with Crippen molar-refractivity contribution in [1.82, 2.24) is 4.90 Å². The van der Waals surface area contributed by atoms with E-state index >= 15 is 0 Å². The van der Waals surface area contributed by atoms with E-state index in [-0.39, 0.29) is 6.61 Å². The van der Waals surface area contributed by atoms with Gasteiger partial charge in [0.05, 0.1) is 12.7 Å². The van der Waals surface area contributed by atoms with Gasteiger partial charge in [-0.15, -0.1) is 0 Å². The van der Waals surface area contributed by atoms with Gasteiger partial charge in [-0.1, -0.05) is 12.1 Å². The topological polar surface area (TPSA) is 46.9 Å². The number of rotatable bonds is 4. The number of aliphatic hydroxyl groups excluding tert-OH is 2. The van der Waals surface area contributed by atoms with Crippen molar-refractivity contribution in [1.29, 1.82) is 0 Å². The molecule has 0 aliphatic carbocycles. The Kier molecular flexibility index (Phi) is 4.58. The van der Waals surface area contributed by atoms with Crippen LogP contribution in [0, 0.1) is 6.92 Å². The first kappa shape index (κ1) is 13.3. The zero-order valence-electron chi connectivity index (χ0n) is 10.9. The molecule has 1 atom stereocenters. The molecule has 0 saturated carbocycles. The molecular formula is C14H22N2O2. The molecule has 0 spiro atoms. The third-order valence-corrected chi connectivity index (χ3v) is 3.42. The van der Waals surface area contributed by atoms with E-state index < -0.39 is 6.10 Å². The van der Waals surface area contributed by atoms with E-state index in [0.717, 1.165) is 26.2 Å². The van der Waals surface area contributed by atoms with Gasteiger partial charge in [0, 0.05) is 38.4 Å². The quantitative estimate of drug-likeness (QED) is 0.815. The van der Waals surface area contributed by atoms with Gasteiger partial charge in [-0.25, -0.2) is 0 Å². The Hall–Kier alpha value is -1.10. The summed E-state index contributed by atoms with van der Waals surface area (Å²) < 4.78 is 0. The highest BCUT2D eigenvalue weighted by molar-refractivity contribution is 5.48. The molecule has 0 aromatic heterocycles. The van der Waals surface area contributed by atoms with Crippen molar-refractivity contribution < 1.29 is 10.2 Å². The van der Waals surface area contributed by atoms with Gasteiger partial charge < -0.3 is 15.1 Å². The van der Waals surface area contributed by atoms with Crippen LogP contribution in [0.5, 0.6) is 0 Å². The average Bonchev–Trinajstić information content (AvgIpc) is 2.39.